The minimum absolute atomic E-state index is 0.0210. The van der Waals surface area contributed by atoms with Crippen molar-refractivity contribution in [2.45, 2.75) is 12.3 Å². The monoisotopic (exact) mass is 463 g/mol. The van der Waals surface area contributed by atoms with Gasteiger partial charge in [0, 0.05) is 55.5 Å². The lowest BCUT2D eigenvalue weighted by Gasteiger charge is -2.20. The molecule has 0 radical (unpaired) electrons. The SMILES string of the molecule is CN(C)c1ccc(C(CNC(=O)Cc2cnn(-c3ccccc3)c2)c2c[nH]c3ccccc23)cc1. The normalized spacial score (nSPS) is 11.9. The molecule has 3 aromatic carbocycles. The third kappa shape index (κ3) is 4.96. The van der Waals surface area contributed by atoms with E-state index >= 15 is 0 Å². The third-order valence-electron chi connectivity index (χ3n) is 6.33. The van der Waals surface area contributed by atoms with E-state index < -0.39 is 0 Å². The number of nitrogens with one attached hydrogen (secondary N) is 2. The molecule has 0 bridgehead atoms. The number of aromatic nitrogens is 3. The first-order valence-corrected chi connectivity index (χ1v) is 11.8. The van der Waals surface area contributed by atoms with Gasteiger partial charge in [0.1, 0.15) is 0 Å². The van der Waals surface area contributed by atoms with E-state index in [1.165, 1.54) is 10.9 Å². The van der Waals surface area contributed by atoms with Gasteiger partial charge in [-0.25, -0.2) is 4.68 Å². The van der Waals surface area contributed by atoms with Crippen LogP contribution in [-0.4, -0.2) is 41.3 Å². The quantitative estimate of drug-likeness (QED) is 0.344. The van der Waals surface area contributed by atoms with Crippen LogP contribution in [0.5, 0.6) is 0 Å². The first-order chi connectivity index (χ1) is 17.1. The Morgan fingerprint density at radius 3 is 2.51 bits per heavy atom. The van der Waals surface area contributed by atoms with E-state index in [0.29, 0.717) is 6.54 Å². The molecule has 2 heterocycles. The van der Waals surface area contributed by atoms with Crippen molar-refractivity contribution in [1.29, 1.82) is 0 Å². The molecule has 0 aliphatic heterocycles. The van der Waals surface area contributed by atoms with E-state index in [0.717, 1.165) is 28.0 Å². The molecule has 6 heteroatoms. The van der Waals surface area contributed by atoms with Crippen molar-refractivity contribution in [3.8, 4) is 5.69 Å². The third-order valence-corrected chi connectivity index (χ3v) is 6.33. The molecule has 0 fully saturated rings. The van der Waals surface area contributed by atoms with Gasteiger partial charge in [-0.1, -0.05) is 48.5 Å². The molecule has 0 saturated carbocycles. The fraction of sp³-hybridized carbons (Fsp3) is 0.172. The Kier molecular flexibility index (Phi) is 6.35. The Morgan fingerprint density at radius 2 is 1.74 bits per heavy atom. The number of H-pyrrole nitrogens is 1. The number of hydrogen-bond donors (Lipinski definition) is 2. The number of amides is 1. The first-order valence-electron chi connectivity index (χ1n) is 11.8. The van der Waals surface area contributed by atoms with Gasteiger partial charge in [0.2, 0.25) is 5.91 Å². The molecule has 2 aromatic heterocycles. The lowest BCUT2D eigenvalue weighted by Crippen LogP contribution is -2.30. The van der Waals surface area contributed by atoms with Gasteiger partial charge in [-0.3, -0.25) is 4.79 Å². The molecule has 2 N–H and O–H groups in total. The van der Waals surface area contributed by atoms with Gasteiger partial charge in [0.25, 0.3) is 0 Å². The van der Waals surface area contributed by atoms with Gasteiger partial charge in [-0.05, 0) is 47.0 Å². The highest BCUT2D eigenvalue weighted by Crippen LogP contribution is 2.31. The van der Waals surface area contributed by atoms with Crippen LogP contribution in [0.1, 0.15) is 22.6 Å². The Morgan fingerprint density at radius 1 is 1.00 bits per heavy atom. The standard InChI is InChI=1S/C29H29N5O/c1-33(2)23-14-12-22(13-15-23)26(27-19-30-28-11-7-6-10-25(27)28)18-31-29(35)16-21-17-32-34(20-21)24-8-4-3-5-9-24/h3-15,17,19-20,26,30H,16,18H2,1-2H3,(H,31,35). The van der Waals surface area contributed by atoms with Crippen LogP contribution in [-0.2, 0) is 11.2 Å². The second-order valence-electron chi connectivity index (χ2n) is 8.94. The predicted molar refractivity (Wildman–Crippen MR) is 141 cm³/mol. The van der Waals surface area contributed by atoms with Crippen molar-refractivity contribution in [3.05, 3.63) is 114 Å². The fourth-order valence-electron chi connectivity index (χ4n) is 4.43. The van der Waals surface area contributed by atoms with Gasteiger partial charge >= 0.3 is 0 Å². The second kappa shape index (κ2) is 9.89. The molecule has 35 heavy (non-hydrogen) atoms. The molecule has 5 aromatic rings. The molecule has 6 nitrogen and oxygen atoms in total. The van der Waals surface area contributed by atoms with Crippen molar-refractivity contribution < 1.29 is 4.79 Å². The molecule has 176 valence electrons. The maximum absolute atomic E-state index is 12.9. The second-order valence-corrected chi connectivity index (χ2v) is 8.94. The van der Waals surface area contributed by atoms with Gasteiger partial charge in [-0.15, -0.1) is 0 Å². The maximum Gasteiger partial charge on any atom is 0.224 e. The van der Waals surface area contributed by atoms with Gasteiger partial charge < -0.3 is 15.2 Å². The van der Waals surface area contributed by atoms with Crippen LogP contribution in [0.15, 0.2) is 97.5 Å². The van der Waals surface area contributed by atoms with E-state index in [9.17, 15) is 4.79 Å². The number of para-hydroxylation sites is 2. The highest BCUT2D eigenvalue weighted by atomic mass is 16.1. The Bertz CT molecular complexity index is 1420. The molecule has 1 atom stereocenters. The van der Waals surface area contributed by atoms with Crippen molar-refractivity contribution in [3.63, 3.8) is 0 Å². The van der Waals surface area contributed by atoms with Crippen molar-refractivity contribution in [2.75, 3.05) is 25.5 Å². The number of aromatic amines is 1. The number of nitrogens with zero attached hydrogens (tertiary/aromatic N) is 3. The van der Waals surface area contributed by atoms with Gasteiger partial charge in [0.05, 0.1) is 18.3 Å². The van der Waals surface area contributed by atoms with E-state index in [-0.39, 0.29) is 18.2 Å². The molecule has 0 saturated heterocycles. The molecule has 0 aliphatic rings. The van der Waals surface area contributed by atoms with Crippen LogP contribution in [0.2, 0.25) is 0 Å². The van der Waals surface area contributed by atoms with Crippen LogP contribution in [0.4, 0.5) is 5.69 Å². The topological polar surface area (TPSA) is 66.0 Å². The Balaban J connectivity index is 1.34. The number of carbonyl (C=O) groups excluding carboxylic acids is 1. The number of carbonyl (C=O) groups is 1. The summed E-state index contributed by atoms with van der Waals surface area (Å²) in [6, 6.07) is 26.7. The first kappa shape index (κ1) is 22.5. The number of benzene rings is 3. The molecule has 5 rings (SSSR count). The summed E-state index contributed by atoms with van der Waals surface area (Å²) in [5, 5.41) is 8.75. The van der Waals surface area contributed by atoms with E-state index in [2.05, 4.69) is 69.0 Å². The average molecular weight is 464 g/mol. The summed E-state index contributed by atoms with van der Waals surface area (Å²) in [4.78, 5) is 18.4. The van der Waals surface area contributed by atoms with Crippen LogP contribution < -0.4 is 10.2 Å². The van der Waals surface area contributed by atoms with Gasteiger partial charge in [-0.2, -0.15) is 5.10 Å². The summed E-state index contributed by atoms with van der Waals surface area (Å²) in [7, 11) is 4.07. The number of rotatable bonds is 8. The van der Waals surface area contributed by atoms with E-state index in [4.69, 9.17) is 0 Å². The lowest BCUT2D eigenvalue weighted by molar-refractivity contribution is -0.120. The molecule has 0 spiro atoms. The van der Waals surface area contributed by atoms with Crippen LogP contribution >= 0.6 is 0 Å². The van der Waals surface area contributed by atoms with Crippen LogP contribution in [0.25, 0.3) is 16.6 Å². The number of fused-ring (bicyclic) bond motifs is 1. The molecular weight excluding hydrogens is 434 g/mol. The largest absolute Gasteiger partial charge is 0.378 e. The molecule has 0 aliphatic carbocycles. The Labute approximate surface area is 205 Å². The molecule has 1 unspecified atom stereocenters. The zero-order valence-corrected chi connectivity index (χ0v) is 20.0. The highest BCUT2D eigenvalue weighted by Gasteiger charge is 2.19. The maximum atomic E-state index is 12.9. The average Bonchev–Trinajstić information content (AvgIpc) is 3.53. The number of hydrogen-bond acceptors (Lipinski definition) is 3. The zero-order chi connectivity index (χ0) is 24.2. The molecule has 1 amide bonds. The summed E-state index contributed by atoms with van der Waals surface area (Å²) >= 11 is 0. The van der Waals surface area contributed by atoms with Crippen LogP contribution in [0, 0.1) is 0 Å². The fourth-order valence-corrected chi connectivity index (χ4v) is 4.43. The summed E-state index contributed by atoms with van der Waals surface area (Å²) in [6.07, 6.45) is 6.01. The Hall–Kier alpha value is -4.32. The van der Waals surface area contributed by atoms with Gasteiger partial charge in [0.15, 0.2) is 0 Å². The summed E-state index contributed by atoms with van der Waals surface area (Å²) in [6.45, 7) is 0.509. The van der Waals surface area contributed by atoms with Crippen LogP contribution in [0.3, 0.4) is 0 Å². The highest BCUT2D eigenvalue weighted by molar-refractivity contribution is 5.84. The minimum Gasteiger partial charge on any atom is -0.378 e. The zero-order valence-electron chi connectivity index (χ0n) is 20.0. The van der Waals surface area contributed by atoms with Crippen molar-refractivity contribution >= 4 is 22.5 Å². The van der Waals surface area contributed by atoms with Crippen molar-refractivity contribution in [1.82, 2.24) is 20.1 Å². The lowest BCUT2D eigenvalue weighted by atomic mass is 9.90. The summed E-state index contributed by atoms with van der Waals surface area (Å²) in [5.41, 5.74) is 6.43. The molecular formula is C29H29N5O. The van der Waals surface area contributed by atoms with E-state index in [1.807, 2.05) is 56.7 Å². The summed E-state index contributed by atoms with van der Waals surface area (Å²) in [5.74, 6) is 0.00530. The smallest absolute Gasteiger partial charge is 0.224 e. The summed E-state index contributed by atoms with van der Waals surface area (Å²) < 4.78 is 1.80. The predicted octanol–water partition coefficient (Wildman–Crippen LogP) is 4.91. The number of anilines is 1. The van der Waals surface area contributed by atoms with E-state index in [1.54, 1.807) is 10.9 Å². The van der Waals surface area contributed by atoms with Crippen molar-refractivity contribution in [2.24, 2.45) is 0 Å². The minimum atomic E-state index is -0.0210.